The van der Waals surface area contributed by atoms with Gasteiger partial charge in [-0.15, -0.1) is 11.3 Å². The zero-order chi connectivity index (χ0) is 19.1. The molecule has 0 saturated carbocycles. The van der Waals surface area contributed by atoms with Crippen LogP contribution in [0.5, 0.6) is 0 Å². The third-order valence-corrected chi connectivity index (χ3v) is 5.66. The van der Waals surface area contributed by atoms with Crippen LogP contribution in [0.15, 0.2) is 41.8 Å². The van der Waals surface area contributed by atoms with Gasteiger partial charge in [0, 0.05) is 36.2 Å². The molecule has 144 valence electrons. The molecule has 3 rings (SSSR count). The molecule has 27 heavy (non-hydrogen) atoms. The zero-order valence-electron chi connectivity index (χ0n) is 15.4. The number of alkyl carbamates (subject to hydrolysis) is 1. The first-order valence-electron chi connectivity index (χ1n) is 9.16. The Kier molecular flexibility index (Phi) is 6.70. The summed E-state index contributed by atoms with van der Waals surface area (Å²) >= 11 is 1.70. The Morgan fingerprint density at radius 3 is 2.67 bits per heavy atom. The number of nitrogens with zero attached hydrogens (tertiary/aromatic N) is 1. The number of amides is 2. The Morgan fingerprint density at radius 2 is 1.96 bits per heavy atom. The number of hydrogen-bond acceptors (Lipinski definition) is 5. The minimum absolute atomic E-state index is 0.0445. The van der Waals surface area contributed by atoms with Gasteiger partial charge in [0.15, 0.2) is 0 Å². The first-order chi connectivity index (χ1) is 13.2. The molecule has 0 bridgehead atoms. The molecule has 1 aromatic heterocycles. The Morgan fingerprint density at radius 1 is 1.19 bits per heavy atom. The average Bonchev–Trinajstić information content (AvgIpc) is 3.22. The van der Waals surface area contributed by atoms with Crippen LogP contribution in [-0.2, 0) is 11.2 Å². The fourth-order valence-electron chi connectivity index (χ4n) is 3.28. The van der Waals surface area contributed by atoms with Gasteiger partial charge in [0.25, 0.3) is 5.91 Å². The molecule has 7 heteroatoms. The number of rotatable bonds is 6. The summed E-state index contributed by atoms with van der Waals surface area (Å²) < 4.78 is 4.66. The fraction of sp³-hybridized carbons (Fsp3) is 0.400. The number of ether oxygens (including phenoxy) is 1. The van der Waals surface area contributed by atoms with Crippen LogP contribution in [0.4, 0.5) is 10.5 Å². The SMILES string of the molecule is COC(=O)NC1CCN(c2ccccc2C(=O)NCCc2cccs2)CC1. The summed E-state index contributed by atoms with van der Waals surface area (Å²) in [5.41, 5.74) is 1.64. The molecule has 6 nitrogen and oxygen atoms in total. The van der Waals surface area contributed by atoms with Gasteiger partial charge in [-0.05, 0) is 42.8 Å². The normalized spacial score (nSPS) is 14.6. The van der Waals surface area contributed by atoms with Crippen LogP contribution in [0, 0.1) is 0 Å². The number of thiophene rings is 1. The molecule has 0 spiro atoms. The predicted molar refractivity (Wildman–Crippen MR) is 108 cm³/mol. The maximum Gasteiger partial charge on any atom is 0.407 e. The van der Waals surface area contributed by atoms with Crippen LogP contribution in [0.25, 0.3) is 0 Å². The number of para-hydroxylation sites is 1. The maximum absolute atomic E-state index is 12.7. The van der Waals surface area contributed by atoms with Crippen LogP contribution >= 0.6 is 11.3 Å². The second kappa shape index (κ2) is 9.41. The van der Waals surface area contributed by atoms with Gasteiger partial charge in [0.1, 0.15) is 0 Å². The van der Waals surface area contributed by atoms with Crippen LogP contribution in [0.3, 0.4) is 0 Å². The molecule has 1 aromatic carbocycles. The van der Waals surface area contributed by atoms with E-state index in [0.717, 1.165) is 38.0 Å². The number of benzene rings is 1. The summed E-state index contributed by atoms with van der Waals surface area (Å²) in [5.74, 6) is -0.0445. The van der Waals surface area contributed by atoms with Gasteiger partial charge in [-0.2, -0.15) is 0 Å². The Labute approximate surface area is 163 Å². The molecule has 2 heterocycles. The fourth-order valence-corrected chi connectivity index (χ4v) is 3.99. The highest BCUT2D eigenvalue weighted by atomic mass is 32.1. The minimum Gasteiger partial charge on any atom is -0.453 e. The summed E-state index contributed by atoms with van der Waals surface area (Å²) in [6, 6.07) is 11.9. The highest BCUT2D eigenvalue weighted by Crippen LogP contribution is 2.24. The number of carbonyl (C=O) groups excluding carboxylic acids is 2. The summed E-state index contributed by atoms with van der Waals surface area (Å²) in [4.78, 5) is 27.5. The smallest absolute Gasteiger partial charge is 0.407 e. The van der Waals surface area contributed by atoms with Crippen molar-refractivity contribution in [2.45, 2.75) is 25.3 Å². The van der Waals surface area contributed by atoms with E-state index < -0.39 is 0 Å². The van der Waals surface area contributed by atoms with Crippen molar-refractivity contribution < 1.29 is 14.3 Å². The average molecular weight is 388 g/mol. The van der Waals surface area contributed by atoms with Crippen LogP contribution in [-0.4, -0.2) is 44.8 Å². The molecule has 2 N–H and O–H groups in total. The lowest BCUT2D eigenvalue weighted by atomic mass is 10.0. The molecule has 0 radical (unpaired) electrons. The van der Waals surface area contributed by atoms with Crippen molar-refractivity contribution >= 4 is 29.0 Å². The van der Waals surface area contributed by atoms with Gasteiger partial charge in [-0.1, -0.05) is 18.2 Å². The first kappa shape index (κ1) is 19.2. The Balaban J connectivity index is 1.57. The summed E-state index contributed by atoms with van der Waals surface area (Å²) in [6.45, 7) is 2.20. The van der Waals surface area contributed by atoms with Gasteiger partial charge in [-0.3, -0.25) is 4.79 Å². The second-order valence-electron chi connectivity index (χ2n) is 6.50. The van der Waals surface area contributed by atoms with Crippen molar-refractivity contribution in [2.24, 2.45) is 0 Å². The lowest BCUT2D eigenvalue weighted by Crippen LogP contribution is -2.45. The third-order valence-electron chi connectivity index (χ3n) is 4.73. The van der Waals surface area contributed by atoms with Crippen LogP contribution < -0.4 is 15.5 Å². The molecular formula is C20H25N3O3S. The number of carbonyl (C=O) groups is 2. The number of methoxy groups -OCH3 is 1. The summed E-state index contributed by atoms with van der Waals surface area (Å²) in [7, 11) is 1.37. The first-order valence-corrected chi connectivity index (χ1v) is 10.0. The van der Waals surface area contributed by atoms with E-state index in [1.165, 1.54) is 12.0 Å². The molecule has 0 aliphatic carbocycles. The predicted octanol–water partition coefficient (Wildman–Crippen LogP) is 3.05. The van der Waals surface area contributed by atoms with Crippen LogP contribution in [0.1, 0.15) is 28.1 Å². The molecule has 1 fully saturated rings. The highest BCUT2D eigenvalue weighted by Gasteiger charge is 2.23. The van der Waals surface area contributed by atoms with E-state index in [-0.39, 0.29) is 18.0 Å². The third kappa shape index (κ3) is 5.23. The highest BCUT2D eigenvalue weighted by molar-refractivity contribution is 7.09. The topological polar surface area (TPSA) is 70.7 Å². The minimum atomic E-state index is -0.390. The van der Waals surface area contributed by atoms with Crippen LogP contribution in [0.2, 0.25) is 0 Å². The van der Waals surface area contributed by atoms with Crippen molar-refractivity contribution in [1.82, 2.24) is 10.6 Å². The van der Waals surface area contributed by atoms with Gasteiger partial charge >= 0.3 is 6.09 Å². The number of nitrogens with one attached hydrogen (secondary N) is 2. The van der Waals surface area contributed by atoms with Crippen molar-refractivity contribution in [3.63, 3.8) is 0 Å². The van der Waals surface area contributed by atoms with Crippen molar-refractivity contribution in [3.05, 3.63) is 52.2 Å². The van der Waals surface area contributed by atoms with E-state index in [1.54, 1.807) is 11.3 Å². The number of anilines is 1. The maximum atomic E-state index is 12.7. The number of hydrogen-bond donors (Lipinski definition) is 2. The molecule has 0 atom stereocenters. The van der Waals surface area contributed by atoms with Gasteiger partial charge < -0.3 is 20.3 Å². The van der Waals surface area contributed by atoms with Crippen molar-refractivity contribution in [3.8, 4) is 0 Å². The Bertz CT molecular complexity index is 756. The molecular weight excluding hydrogens is 362 g/mol. The quantitative estimate of drug-likeness (QED) is 0.799. The molecule has 1 aliphatic heterocycles. The van der Waals surface area contributed by atoms with Crippen molar-refractivity contribution in [2.75, 3.05) is 31.6 Å². The molecule has 2 aromatic rings. The van der Waals surface area contributed by atoms with Gasteiger partial charge in [0.05, 0.1) is 12.7 Å². The second-order valence-corrected chi connectivity index (χ2v) is 7.53. The Hall–Kier alpha value is -2.54. The molecule has 2 amide bonds. The van der Waals surface area contributed by atoms with E-state index in [1.807, 2.05) is 35.7 Å². The van der Waals surface area contributed by atoms with E-state index in [0.29, 0.717) is 12.1 Å². The molecule has 1 saturated heterocycles. The van der Waals surface area contributed by atoms with E-state index in [4.69, 9.17) is 0 Å². The van der Waals surface area contributed by atoms with Gasteiger partial charge in [-0.25, -0.2) is 4.79 Å². The van der Waals surface area contributed by atoms with E-state index in [9.17, 15) is 9.59 Å². The molecule has 1 aliphatic rings. The zero-order valence-corrected chi connectivity index (χ0v) is 16.3. The standard InChI is InChI=1S/C20H25N3O3S/c1-26-20(25)22-15-9-12-23(13-10-15)18-7-3-2-6-17(18)19(24)21-11-8-16-5-4-14-27-16/h2-7,14-15H,8-13H2,1H3,(H,21,24)(H,22,25). The van der Waals surface area contributed by atoms with Crippen molar-refractivity contribution in [1.29, 1.82) is 0 Å². The van der Waals surface area contributed by atoms with E-state index >= 15 is 0 Å². The summed E-state index contributed by atoms with van der Waals surface area (Å²) in [6.07, 6.45) is 2.10. The van der Waals surface area contributed by atoms with E-state index in [2.05, 4.69) is 26.3 Å². The van der Waals surface area contributed by atoms with Gasteiger partial charge in [0.2, 0.25) is 0 Å². The number of piperidine rings is 1. The largest absolute Gasteiger partial charge is 0.453 e. The lowest BCUT2D eigenvalue weighted by Gasteiger charge is -2.34. The monoisotopic (exact) mass is 387 g/mol. The summed E-state index contributed by atoms with van der Waals surface area (Å²) in [5, 5.41) is 7.93. The lowest BCUT2D eigenvalue weighted by molar-refractivity contribution is 0.0954. The molecule has 0 unspecified atom stereocenters.